The predicted molar refractivity (Wildman–Crippen MR) is 61.7 cm³/mol. The first-order valence-electron chi connectivity index (χ1n) is 5.81. The van der Waals surface area contributed by atoms with Crippen LogP contribution < -0.4 is 5.73 Å². The van der Waals surface area contributed by atoms with Gasteiger partial charge in [-0.1, -0.05) is 0 Å². The van der Waals surface area contributed by atoms with Gasteiger partial charge in [0.15, 0.2) is 0 Å². The standard InChI is InChI=1S/C11H21N3O2/c1-3-13(9(2)15)7-10-4-5-14(8-10)11(16)6-12/h10H,3-8,12H2,1-2H3/t10-/m1/s1. The number of likely N-dealkylation sites (tertiary alicyclic amines) is 1. The van der Waals surface area contributed by atoms with Gasteiger partial charge in [-0.15, -0.1) is 0 Å². The van der Waals surface area contributed by atoms with Crippen LogP contribution in [-0.4, -0.2) is 54.3 Å². The highest BCUT2D eigenvalue weighted by Crippen LogP contribution is 2.17. The fourth-order valence-electron chi connectivity index (χ4n) is 2.13. The Bertz CT molecular complexity index is 268. The minimum Gasteiger partial charge on any atom is -0.343 e. The summed E-state index contributed by atoms with van der Waals surface area (Å²) in [5, 5.41) is 0. The summed E-state index contributed by atoms with van der Waals surface area (Å²) in [5.41, 5.74) is 5.32. The molecule has 1 rings (SSSR count). The third kappa shape index (κ3) is 3.20. The first-order chi connectivity index (χ1) is 7.58. The fourth-order valence-corrected chi connectivity index (χ4v) is 2.13. The number of carbonyl (C=O) groups excluding carboxylic acids is 2. The minimum absolute atomic E-state index is 0.00775. The molecule has 0 aromatic heterocycles. The van der Waals surface area contributed by atoms with Gasteiger partial charge in [0.25, 0.3) is 0 Å². The molecule has 0 unspecified atom stereocenters. The van der Waals surface area contributed by atoms with Crippen molar-refractivity contribution in [3.05, 3.63) is 0 Å². The lowest BCUT2D eigenvalue weighted by atomic mass is 10.1. The molecule has 1 aliphatic rings. The number of hydrogen-bond donors (Lipinski definition) is 1. The van der Waals surface area contributed by atoms with Crippen molar-refractivity contribution in [3.63, 3.8) is 0 Å². The molecule has 0 bridgehead atoms. The molecule has 16 heavy (non-hydrogen) atoms. The smallest absolute Gasteiger partial charge is 0.236 e. The monoisotopic (exact) mass is 227 g/mol. The Hall–Kier alpha value is -1.10. The van der Waals surface area contributed by atoms with Gasteiger partial charge in [0.2, 0.25) is 11.8 Å². The number of nitrogens with zero attached hydrogens (tertiary/aromatic N) is 2. The molecule has 2 amide bonds. The Kier molecular flexibility index (Phi) is 4.73. The molecule has 0 aromatic rings. The van der Waals surface area contributed by atoms with Crippen LogP contribution in [0.25, 0.3) is 0 Å². The van der Waals surface area contributed by atoms with Crippen LogP contribution in [0.1, 0.15) is 20.3 Å². The van der Waals surface area contributed by atoms with Crippen molar-refractivity contribution in [2.75, 3.05) is 32.7 Å². The molecule has 1 heterocycles. The second-order valence-electron chi connectivity index (χ2n) is 4.26. The first-order valence-corrected chi connectivity index (χ1v) is 5.81. The molecule has 5 heteroatoms. The Balaban J connectivity index is 2.41. The SMILES string of the molecule is CCN(C[C@H]1CCN(C(=O)CN)C1)C(C)=O. The van der Waals surface area contributed by atoms with Crippen LogP contribution in [0.4, 0.5) is 0 Å². The molecule has 1 saturated heterocycles. The van der Waals surface area contributed by atoms with Crippen molar-refractivity contribution in [3.8, 4) is 0 Å². The molecule has 0 spiro atoms. The summed E-state index contributed by atoms with van der Waals surface area (Å²) in [6.45, 7) is 6.63. The molecule has 5 nitrogen and oxygen atoms in total. The molecule has 0 saturated carbocycles. The summed E-state index contributed by atoms with van der Waals surface area (Å²) < 4.78 is 0. The van der Waals surface area contributed by atoms with E-state index in [4.69, 9.17) is 5.73 Å². The third-order valence-corrected chi connectivity index (χ3v) is 3.12. The normalized spacial score (nSPS) is 19.9. The molecule has 1 atom stereocenters. The number of hydrogen-bond acceptors (Lipinski definition) is 3. The summed E-state index contributed by atoms with van der Waals surface area (Å²) in [6.07, 6.45) is 0.968. The maximum atomic E-state index is 11.4. The molecular formula is C11H21N3O2. The molecule has 0 aromatic carbocycles. The van der Waals surface area contributed by atoms with Gasteiger partial charge in [-0.2, -0.15) is 0 Å². The summed E-state index contributed by atoms with van der Waals surface area (Å²) >= 11 is 0. The highest BCUT2D eigenvalue weighted by molar-refractivity contribution is 5.78. The average Bonchev–Trinajstić information content (AvgIpc) is 2.72. The van der Waals surface area contributed by atoms with E-state index in [0.29, 0.717) is 5.92 Å². The Labute approximate surface area is 96.6 Å². The van der Waals surface area contributed by atoms with Crippen LogP contribution in [-0.2, 0) is 9.59 Å². The molecule has 0 aliphatic carbocycles. The van der Waals surface area contributed by atoms with Gasteiger partial charge in [0.05, 0.1) is 6.54 Å². The van der Waals surface area contributed by atoms with Crippen LogP contribution >= 0.6 is 0 Å². The van der Waals surface area contributed by atoms with E-state index in [-0.39, 0.29) is 18.4 Å². The summed E-state index contributed by atoms with van der Waals surface area (Å²) in [7, 11) is 0. The van der Waals surface area contributed by atoms with Crippen molar-refractivity contribution >= 4 is 11.8 Å². The van der Waals surface area contributed by atoms with E-state index in [1.165, 1.54) is 0 Å². The molecular weight excluding hydrogens is 206 g/mol. The summed E-state index contributed by atoms with van der Waals surface area (Å²) in [4.78, 5) is 26.2. The quantitative estimate of drug-likeness (QED) is 0.714. The highest BCUT2D eigenvalue weighted by atomic mass is 16.2. The second kappa shape index (κ2) is 5.84. The molecule has 1 fully saturated rings. The summed E-state index contributed by atoms with van der Waals surface area (Å²) in [6, 6.07) is 0. The predicted octanol–water partition coefficient (Wildman–Crippen LogP) is -0.338. The lowest BCUT2D eigenvalue weighted by molar-refractivity contribution is -0.129. The van der Waals surface area contributed by atoms with Gasteiger partial charge in [0.1, 0.15) is 0 Å². The van der Waals surface area contributed by atoms with Gasteiger partial charge in [-0.05, 0) is 19.3 Å². The largest absolute Gasteiger partial charge is 0.343 e. The minimum atomic E-state index is 0.00775. The van der Waals surface area contributed by atoms with Gasteiger partial charge in [-0.25, -0.2) is 0 Å². The number of rotatable bonds is 4. The van der Waals surface area contributed by atoms with Crippen molar-refractivity contribution < 1.29 is 9.59 Å². The van der Waals surface area contributed by atoms with E-state index in [1.807, 2.05) is 11.8 Å². The zero-order chi connectivity index (χ0) is 12.1. The Morgan fingerprint density at radius 3 is 2.69 bits per heavy atom. The Morgan fingerprint density at radius 2 is 2.19 bits per heavy atom. The molecule has 2 N–H and O–H groups in total. The topological polar surface area (TPSA) is 66.6 Å². The number of carbonyl (C=O) groups is 2. The lowest BCUT2D eigenvalue weighted by Gasteiger charge is -2.23. The van der Waals surface area contributed by atoms with E-state index in [0.717, 1.165) is 32.6 Å². The van der Waals surface area contributed by atoms with Gasteiger partial charge < -0.3 is 15.5 Å². The molecule has 92 valence electrons. The van der Waals surface area contributed by atoms with E-state index in [9.17, 15) is 9.59 Å². The zero-order valence-electron chi connectivity index (χ0n) is 10.1. The van der Waals surface area contributed by atoms with Crippen molar-refractivity contribution in [1.29, 1.82) is 0 Å². The fraction of sp³-hybridized carbons (Fsp3) is 0.818. The van der Waals surface area contributed by atoms with Crippen LogP contribution in [0.2, 0.25) is 0 Å². The molecule has 0 radical (unpaired) electrons. The van der Waals surface area contributed by atoms with Crippen LogP contribution in [0.5, 0.6) is 0 Å². The molecule has 1 aliphatic heterocycles. The van der Waals surface area contributed by atoms with Crippen LogP contribution in [0, 0.1) is 5.92 Å². The van der Waals surface area contributed by atoms with Gasteiger partial charge in [-0.3, -0.25) is 9.59 Å². The van der Waals surface area contributed by atoms with E-state index in [2.05, 4.69) is 0 Å². The van der Waals surface area contributed by atoms with Crippen molar-refractivity contribution in [1.82, 2.24) is 9.80 Å². The number of nitrogens with two attached hydrogens (primary N) is 1. The maximum Gasteiger partial charge on any atom is 0.236 e. The van der Waals surface area contributed by atoms with E-state index < -0.39 is 0 Å². The first kappa shape index (κ1) is 13.0. The lowest BCUT2D eigenvalue weighted by Crippen LogP contribution is -2.37. The van der Waals surface area contributed by atoms with Crippen LogP contribution in [0.15, 0.2) is 0 Å². The third-order valence-electron chi connectivity index (χ3n) is 3.12. The number of amides is 2. The summed E-state index contributed by atoms with van der Waals surface area (Å²) in [5.74, 6) is 0.513. The van der Waals surface area contributed by atoms with Crippen molar-refractivity contribution in [2.45, 2.75) is 20.3 Å². The van der Waals surface area contributed by atoms with Gasteiger partial charge in [0, 0.05) is 33.1 Å². The van der Waals surface area contributed by atoms with Crippen LogP contribution in [0.3, 0.4) is 0 Å². The zero-order valence-corrected chi connectivity index (χ0v) is 10.1. The maximum absolute atomic E-state index is 11.4. The second-order valence-corrected chi connectivity index (χ2v) is 4.26. The highest BCUT2D eigenvalue weighted by Gasteiger charge is 2.27. The average molecular weight is 227 g/mol. The van der Waals surface area contributed by atoms with Gasteiger partial charge >= 0.3 is 0 Å². The Morgan fingerprint density at radius 1 is 1.50 bits per heavy atom. The van der Waals surface area contributed by atoms with E-state index in [1.54, 1.807) is 11.8 Å². The van der Waals surface area contributed by atoms with E-state index >= 15 is 0 Å². The van der Waals surface area contributed by atoms with Crippen molar-refractivity contribution in [2.24, 2.45) is 11.7 Å².